The number of ether oxygens (including phenoxy) is 2. The second-order valence-electron chi connectivity index (χ2n) is 6.05. The van der Waals surface area contributed by atoms with E-state index < -0.39 is 5.79 Å². The number of aromatic nitrogens is 1. The number of rotatable bonds is 2. The van der Waals surface area contributed by atoms with Crippen LogP contribution in [0, 0.1) is 13.8 Å². The number of fused-ring (bicyclic) bond motifs is 1. The Morgan fingerprint density at radius 1 is 1.18 bits per heavy atom. The summed E-state index contributed by atoms with van der Waals surface area (Å²) in [5.74, 6) is -0.102. The molecule has 22 heavy (non-hydrogen) atoms. The molecule has 0 fully saturated rings. The van der Waals surface area contributed by atoms with Crippen LogP contribution >= 0.6 is 0 Å². The highest BCUT2D eigenvalue weighted by Gasteiger charge is 2.32. The number of hydrogen-bond donors (Lipinski definition) is 0. The Balaban J connectivity index is 2.05. The van der Waals surface area contributed by atoms with E-state index in [0.717, 1.165) is 16.8 Å². The maximum atomic E-state index is 12.8. The zero-order valence-corrected chi connectivity index (χ0v) is 13.3. The lowest BCUT2D eigenvalue weighted by atomic mass is 9.98. The van der Waals surface area contributed by atoms with E-state index >= 15 is 0 Å². The summed E-state index contributed by atoms with van der Waals surface area (Å²) in [6.07, 6.45) is 1.61. The van der Waals surface area contributed by atoms with Gasteiger partial charge in [0.25, 0.3) is 0 Å². The van der Waals surface area contributed by atoms with E-state index in [0.29, 0.717) is 23.5 Å². The van der Waals surface area contributed by atoms with E-state index in [-0.39, 0.29) is 5.78 Å². The molecular weight excluding hydrogens is 278 g/mol. The van der Waals surface area contributed by atoms with Gasteiger partial charge in [0.2, 0.25) is 5.79 Å². The number of ketones is 1. The molecule has 0 bridgehead atoms. The molecule has 2 aromatic rings. The molecule has 0 unspecified atom stereocenters. The Morgan fingerprint density at radius 2 is 1.86 bits per heavy atom. The molecule has 3 rings (SSSR count). The topological polar surface area (TPSA) is 48.4 Å². The molecule has 1 aliphatic heterocycles. The van der Waals surface area contributed by atoms with Crippen LogP contribution in [0.15, 0.2) is 30.5 Å². The van der Waals surface area contributed by atoms with Gasteiger partial charge in [0.1, 0.15) is 0 Å². The first kappa shape index (κ1) is 14.7. The predicted octanol–water partition coefficient (Wildman–Crippen LogP) is 3.57. The van der Waals surface area contributed by atoms with E-state index in [2.05, 4.69) is 4.98 Å². The summed E-state index contributed by atoms with van der Waals surface area (Å²) in [6.45, 7) is 7.92. The molecule has 4 heteroatoms. The van der Waals surface area contributed by atoms with Crippen LogP contribution in [0.25, 0.3) is 0 Å². The summed E-state index contributed by atoms with van der Waals surface area (Å²) >= 11 is 0. The third-order valence-corrected chi connectivity index (χ3v) is 3.79. The largest absolute Gasteiger partial charge is 0.461 e. The quantitative estimate of drug-likeness (QED) is 0.795. The van der Waals surface area contributed by atoms with Crippen LogP contribution in [0.2, 0.25) is 0 Å². The molecule has 1 aromatic carbocycles. The van der Waals surface area contributed by atoms with E-state index in [4.69, 9.17) is 9.47 Å². The van der Waals surface area contributed by atoms with Crippen LogP contribution in [0.3, 0.4) is 0 Å². The van der Waals surface area contributed by atoms with Gasteiger partial charge in [-0.2, -0.15) is 0 Å². The number of hydrogen-bond acceptors (Lipinski definition) is 4. The number of carbonyl (C=O) groups excluding carboxylic acids is 1. The van der Waals surface area contributed by atoms with E-state index in [9.17, 15) is 4.79 Å². The van der Waals surface area contributed by atoms with Gasteiger partial charge in [-0.3, -0.25) is 9.78 Å². The fourth-order valence-corrected chi connectivity index (χ4v) is 2.49. The molecule has 0 saturated heterocycles. The molecule has 2 heterocycles. The fraction of sp³-hybridized carbons (Fsp3) is 0.333. The normalized spacial score (nSPS) is 15.8. The van der Waals surface area contributed by atoms with E-state index in [1.165, 1.54) is 0 Å². The van der Waals surface area contributed by atoms with Crippen molar-refractivity contribution in [1.29, 1.82) is 0 Å². The SMILES string of the molecule is Cc1ccc(C(=O)c2cnc(C)c3c2COC(C)(C)O3)cc1. The summed E-state index contributed by atoms with van der Waals surface area (Å²) < 4.78 is 11.5. The minimum absolute atomic E-state index is 0.0596. The molecule has 1 aliphatic rings. The standard InChI is InChI=1S/C18H19NO3/c1-11-5-7-13(8-6-11)16(20)14-9-19-12(2)17-15(14)10-21-18(3,4)22-17/h5-9H,10H2,1-4H3. The molecule has 0 atom stereocenters. The first-order chi connectivity index (χ1) is 10.4. The van der Waals surface area contributed by atoms with Crippen molar-refractivity contribution in [2.24, 2.45) is 0 Å². The molecule has 0 N–H and O–H groups in total. The van der Waals surface area contributed by atoms with Crippen LogP contribution in [-0.2, 0) is 11.3 Å². The number of nitrogens with zero attached hydrogens (tertiary/aromatic N) is 1. The Kier molecular flexibility index (Phi) is 3.49. The summed E-state index contributed by atoms with van der Waals surface area (Å²) in [4.78, 5) is 17.1. The van der Waals surface area contributed by atoms with Crippen LogP contribution in [0.1, 0.15) is 46.6 Å². The first-order valence-electron chi connectivity index (χ1n) is 7.30. The van der Waals surface area contributed by atoms with Gasteiger partial charge in [0.05, 0.1) is 17.9 Å². The second kappa shape index (κ2) is 5.21. The molecule has 1 aromatic heterocycles. The van der Waals surface area contributed by atoms with Crippen molar-refractivity contribution in [3.63, 3.8) is 0 Å². The van der Waals surface area contributed by atoms with Crippen LogP contribution in [0.4, 0.5) is 0 Å². The minimum Gasteiger partial charge on any atom is -0.461 e. The molecule has 0 spiro atoms. The van der Waals surface area contributed by atoms with E-state index in [1.807, 2.05) is 52.0 Å². The highest BCUT2D eigenvalue weighted by molar-refractivity contribution is 6.10. The molecule has 4 nitrogen and oxygen atoms in total. The summed E-state index contributed by atoms with van der Waals surface area (Å²) in [5.41, 5.74) is 3.85. The smallest absolute Gasteiger partial charge is 0.205 e. The van der Waals surface area contributed by atoms with Gasteiger partial charge in [-0.25, -0.2) is 0 Å². The molecule has 0 saturated carbocycles. The molecule has 114 valence electrons. The van der Waals surface area contributed by atoms with Crippen LogP contribution in [-0.4, -0.2) is 16.6 Å². The molecule has 0 aliphatic carbocycles. The summed E-state index contributed by atoms with van der Waals surface area (Å²) in [7, 11) is 0. The Morgan fingerprint density at radius 3 is 2.55 bits per heavy atom. The fourth-order valence-electron chi connectivity index (χ4n) is 2.49. The van der Waals surface area contributed by atoms with Crippen molar-refractivity contribution in [3.8, 4) is 5.75 Å². The maximum absolute atomic E-state index is 12.8. The Labute approximate surface area is 130 Å². The maximum Gasteiger partial charge on any atom is 0.205 e. The van der Waals surface area contributed by atoms with Crippen LogP contribution in [0.5, 0.6) is 5.75 Å². The number of aryl methyl sites for hydroxylation is 2. The average Bonchev–Trinajstić information content (AvgIpc) is 2.48. The van der Waals surface area contributed by atoms with Crippen molar-refractivity contribution in [3.05, 3.63) is 58.4 Å². The summed E-state index contributed by atoms with van der Waals surface area (Å²) in [5, 5.41) is 0. The van der Waals surface area contributed by atoms with Crippen molar-refractivity contribution >= 4 is 5.78 Å². The number of benzene rings is 1. The van der Waals surface area contributed by atoms with Crippen molar-refractivity contribution in [2.75, 3.05) is 0 Å². The lowest BCUT2D eigenvalue weighted by Gasteiger charge is -2.33. The van der Waals surface area contributed by atoms with Gasteiger partial charge < -0.3 is 9.47 Å². The van der Waals surface area contributed by atoms with Crippen LogP contribution < -0.4 is 4.74 Å². The first-order valence-corrected chi connectivity index (χ1v) is 7.30. The predicted molar refractivity (Wildman–Crippen MR) is 83.1 cm³/mol. The van der Waals surface area contributed by atoms with Gasteiger partial charge in [-0.15, -0.1) is 0 Å². The minimum atomic E-state index is -0.703. The lowest BCUT2D eigenvalue weighted by Crippen LogP contribution is -2.36. The van der Waals surface area contributed by atoms with Gasteiger partial charge in [-0.1, -0.05) is 29.8 Å². The van der Waals surface area contributed by atoms with E-state index in [1.54, 1.807) is 6.20 Å². The third-order valence-electron chi connectivity index (χ3n) is 3.79. The second-order valence-corrected chi connectivity index (χ2v) is 6.05. The van der Waals surface area contributed by atoms with Crippen molar-refractivity contribution < 1.29 is 14.3 Å². The zero-order chi connectivity index (χ0) is 15.9. The lowest BCUT2D eigenvalue weighted by molar-refractivity contribution is -0.180. The summed E-state index contributed by atoms with van der Waals surface area (Å²) in [6, 6.07) is 7.52. The third kappa shape index (κ3) is 2.62. The van der Waals surface area contributed by atoms with Gasteiger partial charge in [0, 0.05) is 31.2 Å². The van der Waals surface area contributed by atoms with Gasteiger partial charge in [0.15, 0.2) is 11.5 Å². The van der Waals surface area contributed by atoms with Crippen molar-refractivity contribution in [1.82, 2.24) is 4.98 Å². The average molecular weight is 297 g/mol. The molecule has 0 radical (unpaired) electrons. The highest BCUT2D eigenvalue weighted by atomic mass is 16.7. The Hall–Kier alpha value is -2.20. The zero-order valence-electron chi connectivity index (χ0n) is 13.3. The van der Waals surface area contributed by atoms with Gasteiger partial charge >= 0.3 is 0 Å². The highest BCUT2D eigenvalue weighted by Crippen LogP contribution is 2.35. The number of pyridine rings is 1. The Bertz CT molecular complexity index is 733. The van der Waals surface area contributed by atoms with Crippen molar-refractivity contribution in [2.45, 2.75) is 40.1 Å². The van der Waals surface area contributed by atoms with Gasteiger partial charge in [-0.05, 0) is 13.8 Å². The molecular formula is C18H19NO3. The monoisotopic (exact) mass is 297 g/mol. The molecule has 0 amide bonds. The number of carbonyl (C=O) groups is 1.